The molecule has 0 spiro atoms. The van der Waals surface area contributed by atoms with Crippen molar-refractivity contribution in [2.24, 2.45) is 0 Å². The highest BCUT2D eigenvalue weighted by atomic mass is 16.7. The minimum atomic E-state index is -0.889. The number of hydrogen-bond acceptors (Lipinski definition) is 4. The van der Waals surface area contributed by atoms with Crippen molar-refractivity contribution >= 4 is 0 Å². The van der Waals surface area contributed by atoms with E-state index < -0.39 is 24.6 Å². The maximum absolute atomic E-state index is 9.83. The van der Waals surface area contributed by atoms with Crippen LogP contribution in [0.1, 0.15) is 18.3 Å². The molecule has 4 heteroatoms. The fourth-order valence-electron chi connectivity index (χ4n) is 1.92. The van der Waals surface area contributed by atoms with E-state index in [2.05, 4.69) is 5.92 Å². The van der Waals surface area contributed by atoms with Crippen LogP contribution in [-0.2, 0) is 9.47 Å². The SMILES string of the molecule is C#CC[C@@H](O)[C@H]1O[C@@H](c2ccccc2)OC[C@H]1O. The molecule has 1 aliphatic rings. The van der Waals surface area contributed by atoms with Crippen molar-refractivity contribution in [1.82, 2.24) is 0 Å². The van der Waals surface area contributed by atoms with Crippen LogP contribution in [0.4, 0.5) is 0 Å². The number of benzene rings is 1. The lowest BCUT2D eigenvalue weighted by atomic mass is 10.0. The largest absolute Gasteiger partial charge is 0.389 e. The van der Waals surface area contributed by atoms with Gasteiger partial charge in [-0.3, -0.25) is 0 Å². The highest BCUT2D eigenvalue weighted by Crippen LogP contribution is 2.28. The van der Waals surface area contributed by atoms with Gasteiger partial charge in [0.05, 0.1) is 12.7 Å². The standard InChI is InChI=1S/C14H16O4/c1-2-6-11(15)13-12(16)9-17-14(18-13)10-7-4-3-5-8-10/h1,3-5,7-8,11-16H,6,9H2/t11-,12-,13-,14+/m1/s1. The maximum Gasteiger partial charge on any atom is 0.184 e. The molecular weight excluding hydrogens is 232 g/mol. The van der Waals surface area contributed by atoms with Crippen LogP contribution < -0.4 is 0 Å². The van der Waals surface area contributed by atoms with Gasteiger partial charge in [-0.25, -0.2) is 0 Å². The third kappa shape index (κ3) is 2.89. The molecule has 1 heterocycles. The van der Waals surface area contributed by atoms with E-state index in [1.807, 2.05) is 30.3 Å². The van der Waals surface area contributed by atoms with Gasteiger partial charge in [-0.1, -0.05) is 30.3 Å². The minimum Gasteiger partial charge on any atom is -0.389 e. The van der Waals surface area contributed by atoms with E-state index in [0.717, 1.165) is 5.56 Å². The fourth-order valence-corrected chi connectivity index (χ4v) is 1.92. The van der Waals surface area contributed by atoms with Crippen molar-refractivity contribution in [3.05, 3.63) is 35.9 Å². The van der Waals surface area contributed by atoms with Crippen molar-refractivity contribution in [1.29, 1.82) is 0 Å². The smallest absolute Gasteiger partial charge is 0.184 e. The second-order valence-electron chi connectivity index (χ2n) is 4.22. The summed E-state index contributed by atoms with van der Waals surface area (Å²) < 4.78 is 11.0. The molecule has 0 unspecified atom stereocenters. The lowest BCUT2D eigenvalue weighted by Crippen LogP contribution is -2.47. The van der Waals surface area contributed by atoms with Gasteiger partial charge in [-0.05, 0) is 0 Å². The molecule has 4 nitrogen and oxygen atoms in total. The van der Waals surface area contributed by atoms with Crippen LogP contribution in [0.15, 0.2) is 30.3 Å². The molecule has 96 valence electrons. The third-order valence-electron chi connectivity index (χ3n) is 2.86. The highest BCUT2D eigenvalue weighted by Gasteiger charge is 2.35. The summed E-state index contributed by atoms with van der Waals surface area (Å²) in [6.45, 7) is 0.117. The molecule has 1 saturated heterocycles. The van der Waals surface area contributed by atoms with Crippen molar-refractivity contribution in [3.8, 4) is 12.3 Å². The van der Waals surface area contributed by atoms with Crippen LogP contribution >= 0.6 is 0 Å². The molecule has 1 aromatic rings. The Morgan fingerprint density at radius 1 is 1.39 bits per heavy atom. The van der Waals surface area contributed by atoms with Crippen LogP contribution in [0.2, 0.25) is 0 Å². The second-order valence-corrected chi connectivity index (χ2v) is 4.22. The number of terminal acetylenes is 1. The number of aliphatic hydroxyl groups is 2. The second kappa shape index (κ2) is 5.98. The Morgan fingerprint density at radius 2 is 2.11 bits per heavy atom. The summed E-state index contributed by atoms with van der Waals surface area (Å²) >= 11 is 0. The lowest BCUT2D eigenvalue weighted by Gasteiger charge is -2.36. The number of hydrogen-bond donors (Lipinski definition) is 2. The van der Waals surface area contributed by atoms with Gasteiger partial charge in [-0.15, -0.1) is 12.3 Å². The van der Waals surface area contributed by atoms with Crippen LogP contribution in [0.25, 0.3) is 0 Å². The Hall–Kier alpha value is -1.38. The van der Waals surface area contributed by atoms with Crippen LogP contribution in [-0.4, -0.2) is 35.1 Å². The summed E-state index contributed by atoms with van der Waals surface area (Å²) in [7, 11) is 0. The topological polar surface area (TPSA) is 58.9 Å². The van der Waals surface area contributed by atoms with Gasteiger partial charge in [-0.2, -0.15) is 0 Å². The van der Waals surface area contributed by atoms with Crippen molar-refractivity contribution in [2.45, 2.75) is 31.0 Å². The quantitative estimate of drug-likeness (QED) is 0.778. The lowest BCUT2D eigenvalue weighted by molar-refractivity contribution is -0.275. The van der Waals surface area contributed by atoms with Crippen molar-refractivity contribution in [2.75, 3.05) is 6.61 Å². The summed E-state index contributed by atoms with van der Waals surface area (Å²) in [4.78, 5) is 0. The average Bonchev–Trinajstić information content (AvgIpc) is 2.40. The molecule has 18 heavy (non-hydrogen) atoms. The van der Waals surface area contributed by atoms with E-state index in [1.165, 1.54) is 0 Å². The summed E-state index contributed by atoms with van der Waals surface area (Å²) in [6.07, 6.45) is 2.24. The van der Waals surface area contributed by atoms with Gasteiger partial charge in [0.25, 0.3) is 0 Å². The summed E-state index contributed by atoms with van der Waals surface area (Å²) in [5, 5.41) is 19.6. The summed E-state index contributed by atoms with van der Waals surface area (Å²) in [5.41, 5.74) is 0.849. The van der Waals surface area contributed by atoms with E-state index in [1.54, 1.807) is 0 Å². The summed E-state index contributed by atoms with van der Waals surface area (Å²) in [5.74, 6) is 2.36. The average molecular weight is 248 g/mol. The molecule has 0 bridgehead atoms. The first-order valence-corrected chi connectivity index (χ1v) is 5.84. The van der Waals surface area contributed by atoms with Crippen molar-refractivity contribution < 1.29 is 19.7 Å². The summed E-state index contributed by atoms with van der Waals surface area (Å²) in [6, 6.07) is 9.38. The van der Waals surface area contributed by atoms with Gasteiger partial charge in [0, 0.05) is 12.0 Å². The first-order chi connectivity index (χ1) is 8.72. The molecular formula is C14H16O4. The zero-order valence-corrected chi connectivity index (χ0v) is 9.90. The van der Waals surface area contributed by atoms with Gasteiger partial charge >= 0.3 is 0 Å². The van der Waals surface area contributed by atoms with E-state index in [4.69, 9.17) is 15.9 Å². The Balaban J connectivity index is 2.07. The Bertz CT molecular complexity index is 412. The molecule has 2 N–H and O–H groups in total. The van der Waals surface area contributed by atoms with Crippen LogP contribution in [0, 0.1) is 12.3 Å². The van der Waals surface area contributed by atoms with E-state index >= 15 is 0 Å². The van der Waals surface area contributed by atoms with Gasteiger partial charge in [0.15, 0.2) is 6.29 Å². The Kier molecular flexibility index (Phi) is 4.34. The maximum atomic E-state index is 9.83. The van der Waals surface area contributed by atoms with Gasteiger partial charge in [0.1, 0.15) is 12.2 Å². The van der Waals surface area contributed by atoms with Gasteiger partial charge < -0.3 is 19.7 Å². The molecule has 0 radical (unpaired) electrons. The molecule has 0 amide bonds. The number of ether oxygens (including phenoxy) is 2. The molecule has 4 atom stereocenters. The molecule has 0 aromatic heterocycles. The van der Waals surface area contributed by atoms with Crippen molar-refractivity contribution in [3.63, 3.8) is 0 Å². The zero-order chi connectivity index (χ0) is 13.0. The normalized spacial score (nSPS) is 29.5. The van der Waals surface area contributed by atoms with E-state index in [9.17, 15) is 10.2 Å². The number of rotatable bonds is 3. The molecule has 0 aliphatic carbocycles. The Labute approximate surface area is 106 Å². The number of aliphatic hydroxyl groups excluding tert-OH is 2. The predicted molar refractivity (Wildman–Crippen MR) is 65.5 cm³/mol. The Morgan fingerprint density at radius 3 is 2.78 bits per heavy atom. The molecule has 1 aromatic carbocycles. The monoisotopic (exact) mass is 248 g/mol. The fraction of sp³-hybridized carbons (Fsp3) is 0.429. The molecule has 2 rings (SSSR count). The first-order valence-electron chi connectivity index (χ1n) is 5.84. The van der Waals surface area contributed by atoms with Crippen LogP contribution in [0.3, 0.4) is 0 Å². The van der Waals surface area contributed by atoms with E-state index in [0.29, 0.717) is 0 Å². The third-order valence-corrected chi connectivity index (χ3v) is 2.86. The molecule has 1 aliphatic heterocycles. The first kappa shape index (κ1) is 13.1. The molecule has 1 fully saturated rings. The highest BCUT2D eigenvalue weighted by molar-refractivity contribution is 5.16. The predicted octanol–water partition coefficient (Wildman–Crippen LogP) is 0.846. The zero-order valence-electron chi connectivity index (χ0n) is 9.90. The minimum absolute atomic E-state index is 0.117. The van der Waals surface area contributed by atoms with Gasteiger partial charge in [0.2, 0.25) is 0 Å². The molecule has 0 saturated carbocycles. The van der Waals surface area contributed by atoms with Crippen LogP contribution in [0.5, 0.6) is 0 Å². The van der Waals surface area contributed by atoms with E-state index in [-0.39, 0.29) is 13.0 Å².